The van der Waals surface area contributed by atoms with E-state index < -0.39 is 0 Å². The Bertz CT molecular complexity index is 551. The summed E-state index contributed by atoms with van der Waals surface area (Å²) in [4.78, 5) is 4.20. The zero-order valence-electron chi connectivity index (χ0n) is 7.97. The molecule has 0 saturated carbocycles. The molecule has 0 bridgehead atoms. The Kier molecular flexibility index (Phi) is 1.78. The van der Waals surface area contributed by atoms with E-state index in [0.717, 1.165) is 16.8 Å². The van der Waals surface area contributed by atoms with Crippen molar-refractivity contribution in [1.29, 1.82) is 0 Å². The minimum atomic E-state index is 0.705. The van der Waals surface area contributed by atoms with Crippen LogP contribution in [0.15, 0.2) is 53.1 Å². The maximum absolute atomic E-state index is 5.64. The van der Waals surface area contributed by atoms with Crippen molar-refractivity contribution in [3.8, 4) is 11.3 Å². The first-order chi connectivity index (χ1) is 7.43. The Morgan fingerprint density at radius 2 is 2.00 bits per heavy atom. The van der Waals surface area contributed by atoms with Crippen molar-refractivity contribution in [1.82, 2.24) is 4.98 Å². The second kappa shape index (κ2) is 3.24. The summed E-state index contributed by atoms with van der Waals surface area (Å²) in [6.07, 6.45) is 1.71. The Morgan fingerprint density at radius 1 is 1.13 bits per heavy atom. The molecule has 2 nitrogen and oxygen atoms in total. The maximum atomic E-state index is 5.64. The normalized spacial score (nSPS) is 10.7. The molecule has 3 aromatic rings. The molecule has 0 unspecified atom stereocenters. The van der Waals surface area contributed by atoms with Crippen LogP contribution in [0, 0.1) is 6.07 Å². The lowest BCUT2D eigenvalue weighted by atomic mass is 10.2. The molecule has 0 aliphatic carbocycles. The molecule has 1 radical (unpaired) electrons. The van der Waals surface area contributed by atoms with Crippen molar-refractivity contribution in [3.63, 3.8) is 0 Å². The average Bonchev–Trinajstić information content (AvgIpc) is 2.74. The summed E-state index contributed by atoms with van der Waals surface area (Å²) in [5.74, 6) is 0.834. The molecule has 0 aliphatic heterocycles. The van der Waals surface area contributed by atoms with Gasteiger partial charge in [-0.25, -0.2) is 0 Å². The van der Waals surface area contributed by atoms with Crippen LogP contribution in [0.2, 0.25) is 0 Å². The SMILES string of the molecule is [c]1ccnc2cc(-c3ccccc3)oc12. The number of furan rings is 1. The zero-order chi connectivity index (χ0) is 10.1. The number of fused-ring (bicyclic) bond motifs is 1. The highest BCUT2D eigenvalue weighted by Crippen LogP contribution is 2.25. The van der Waals surface area contributed by atoms with E-state index in [2.05, 4.69) is 11.1 Å². The molecule has 0 aliphatic rings. The summed E-state index contributed by atoms with van der Waals surface area (Å²) >= 11 is 0. The Balaban J connectivity index is 2.21. The summed E-state index contributed by atoms with van der Waals surface area (Å²) in [5, 5.41) is 0. The first-order valence-electron chi connectivity index (χ1n) is 4.75. The van der Waals surface area contributed by atoms with Crippen LogP contribution < -0.4 is 0 Å². The molecular formula is C13H8NO. The van der Waals surface area contributed by atoms with Crippen molar-refractivity contribution in [2.45, 2.75) is 0 Å². The van der Waals surface area contributed by atoms with Crippen LogP contribution in [0.3, 0.4) is 0 Å². The van der Waals surface area contributed by atoms with Gasteiger partial charge in [0.15, 0.2) is 5.58 Å². The fourth-order valence-electron chi connectivity index (χ4n) is 1.56. The Labute approximate surface area is 87.2 Å². The lowest BCUT2D eigenvalue weighted by molar-refractivity contribution is 0.630. The number of hydrogen-bond donors (Lipinski definition) is 0. The van der Waals surface area contributed by atoms with Gasteiger partial charge in [-0.05, 0) is 6.07 Å². The molecule has 2 aromatic heterocycles. The standard InChI is InChI=1S/C13H8NO/c1-2-5-10(6-3-1)13-9-11-12(15-13)7-4-8-14-11/h1-6,8-9H. The molecule has 0 saturated heterocycles. The van der Waals surface area contributed by atoms with E-state index in [1.54, 1.807) is 12.3 Å². The highest BCUT2D eigenvalue weighted by atomic mass is 16.3. The molecule has 15 heavy (non-hydrogen) atoms. The van der Waals surface area contributed by atoms with Gasteiger partial charge in [-0.3, -0.25) is 4.98 Å². The van der Waals surface area contributed by atoms with Crippen LogP contribution in [0.1, 0.15) is 0 Å². The van der Waals surface area contributed by atoms with E-state index in [1.165, 1.54) is 0 Å². The average molecular weight is 194 g/mol. The van der Waals surface area contributed by atoms with E-state index in [1.807, 2.05) is 36.4 Å². The third-order valence-electron chi connectivity index (χ3n) is 2.27. The maximum Gasteiger partial charge on any atom is 0.161 e. The molecule has 1 aromatic carbocycles. The monoisotopic (exact) mass is 194 g/mol. The van der Waals surface area contributed by atoms with Gasteiger partial charge < -0.3 is 4.42 Å². The van der Waals surface area contributed by atoms with E-state index in [-0.39, 0.29) is 0 Å². The second-order valence-corrected chi connectivity index (χ2v) is 3.28. The van der Waals surface area contributed by atoms with Crippen molar-refractivity contribution < 1.29 is 4.42 Å². The van der Waals surface area contributed by atoms with Crippen molar-refractivity contribution in [3.05, 3.63) is 54.7 Å². The minimum absolute atomic E-state index is 0.705. The highest BCUT2D eigenvalue weighted by Gasteiger charge is 2.05. The number of nitrogens with zero attached hydrogens (tertiary/aromatic N) is 1. The summed E-state index contributed by atoms with van der Waals surface area (Å²) < 4.78 is 5.64. The van der Waals surface area contributed by atoms with Crippen LogP contribution in [-0.4, -0.2) is 4.98 Å². The number of aromatic nitrogens is 1. The van der Waals surface area contributed by atoms with Crippen LogP contribution in [-0.2, 0) is 0 Å². The van der Waals surface area contributed by atoms with Crippen LogP contribution in [0.4, 0.5) is 0 Å². The Morgan fingerprint density at radius 3 is 2.80 bits per heavy atom. The molecule has 0 amide bonds. The lowest BCUT2D eigenvalue weighted by Crippen LogP contribution is -1.69. The van der Waals surface area contributed by atoms with Gasteiger partial charge in [0.2, 0.25) is 0 Å². The number of hydrogen-bond acceptors (Lipinski definition) is 2. The van der Waals surface area contributed by atoms with E-state index >= 15 is 0 Å². The highest BCUT2D eigenvalue weighted by molar-refractivity contribution is 5.78. The topological polar surface area (TPSA) is 26.0 Å². The fraction of sp³-hybridized carbons (Fsp3) is 0. The predicted molar refractivity (Wildman–Crippen MR) is 58.3 cm³/mol. The van der Waals surface area contributed by atoms with E-state index in [4.69, 9.17) is 4.42 Å². The van der Waals surface area contributed by atoms with E-state index in [0.29, 0.717) is 5.58 Å². The van der Waals surface area contributed by atoms with Gasteiger partial charge in [-0.2, -0.15) is 0 Å². The molecule has 0 atom stereocenters. The van der Waals surface area contributed by atoms with Gasteiger partial charge in [0, 0.05) is 23.9 Å². The number of pyridine rings is 1. The molecule has 3 rings (SSSR count). The van der Waals surface area contributed by atoms with E-state index in [9.17, 15) is 0 Å². The molecule has 2 heteroatoms. The first kappa shape index (κ1) is 8.24. The molecule has 0 N–H and O–H groups in total. The zero-order valence-corrected chi connectivity index (χ0v) is 7.97. The summed E-state index contributed by atoms with van der Waals surface area (Å²) in [6, 6.07) is 16.7. The fourth-order valence-corrected chi connectivity index (χ4v) is 1.56. The van der Waals surface area contributed by atoms with Crippen LogP contribution >= 0.6 is 0 Å². The molecular weight excluding hydrogens is 186 g/mol. The lowest BCUT2D eigenvalue weighted by Gasteiger charge is -1.93. The van der Waals surface area contributed by atoms with Gasteiger partial charge in [-0.15, -0.1) is 0 Å². The van der Waals surface area contributed by atoms with Crippen LogP contribution in [0.5, 0.6) is 0 Å². The third-order valence-corrected chi connectivity index (χ3v) is 2.27. The number of rotatable bonds is 1. The molecule has 2 heterocycles. The second-order valence-electron chi connectivity index (χ2n) is 3.28. The smallest absolute Gasteiger partial charge is 0.161 e. The summed E-state index contributed by atoms with van der Waals surface area (Å²) in [5.41, 5.74) is 2.61. The molecule has 0 fully saturated rings. The number of benzene rings is 1. The van der Waals surface area contributed by atoms with Gasteiger partial charge >= 0.3 is 0 Å². The third kappa shape index (κ3) is 1.40. The molecule has 71 valence electrons. The summed E-state index contributed by atoms with van der Waals surface area (Å²) in [7, 11) is 0. The molecule has 0 spiro atoms. The van der Waals surface area contributed by atoms with Gasteiger partial charge in [-0.1, -0.05) is 30.3 Å². The van der Waals surface area contributed by atoms with Crippen molar-refractivity contribution >= 4 is 11.1 Å². The van der Waals surface area contributed by atoms with Gasteiger partial charge in [0.05, 0.1) is 0 Å². The summed E-state index contributed by atoms with van der Waals surface area (Å²) in [6.45, 7) is 0. The first-order valence-corrected chi connectivity index (χ1v) is 4.75. The van der Waals surface area contributed by atoms with Crippen molar-refractivity contribution in [2.75, 3.05) is 0 Å². The Hall–Kier alpha value is -2.09. The van der Waals surface area contributed by atoms with Gasteiger partial charge in [0.1, 0.15) is 11.3 Å². The minimum Gasteiger partial charge on any atom is -0.454 e. The van der Waals surface area contributed by atoms with Crippen molar-refractivity contribution in [2.24, 2.45) is 0 Å². The quantitative estimate of drug-likeness (QED) is 0.594. The van der Waals surface area contributed by atoms with Crippen LogP contribution in [0.25, 0.3) is 22.4 Å². The largest absolute Gasteiger partial charge is 0.454 e. The van der Waals surface area contributed by atoms with Gasteiger partial charge in [0.25, 0.3) is 0 Å². The predicted octanol–water partition coefficient (Wildman–Crippen LogP) is 3.29.